The number of benzene rings is 1. The fourth-order valence-corrected chi connectivity index (χ4v) is 2.96. The van der Waals surface area contributed by atoms with Crippen LogP contribution in [0.25, 0.3) is 11.3 Å². The zero-order chi connectivity index (χ0) is 17.9. The number of halogens is 1. The lowest BCUT2D eigenvalue weighted by molar-refractivity contribution is 0.0662. The van der Waals surface area contributed by atoms with E-state index in [1.54, 1.807) is 24.4 Å². The fourth-order valence-electron chi connectivity index (χ4n) is 2.96. The highest BCUT2D eigenvalue weighted by Gasteiger charge is 2.17. The van der Waals surface area contributed by atoms with Crippen molar-refractivity contribution in [3.63, 3.8) is 0 Å². The molecule has 1 aromatic carbocycles. The molecule has 26 heavy (non-hydrogen) atoms. The Hall–Kier alpha value is -3.00. The maximum absolute atomic E-state index is 13.0. The average Bonchev–Trinajstić information content (AvgIpc) is 3.33. The number of amides is 1. The van der Waals surface area contributed by atoms with E-state index in [0.29, 0.717) is 23.1 Å². The lowest BCUT2D eigenvalue weighted by Gasteiger charge is -2.22. The van der Waals surface area contributed by atoms with Gasteiger partial charge < -0.3 is 10.1 Å². The van der Waals surface area contributed by atoms with Crippen molar-refractivity contribution >= 4 is 11.6 Å². The Balaban J connectivity index is 1.44. The summed E-state index contributed by atoms with van der Waals surface area (Å²) in [4.78, 5) is 12.4. The van der Waals surface area contributed by atoms with E-state index < -0.39 is 0 Å². The molecule has 2 aromatic heterocycles. The first kappa shape index (κ1) is 16.5. The zero-order valence-electron chi connectivity index (χ0n) is 14.0. The number of aromatic amines is 1. The number of aromatic nitrogens is 4. The van der Waals surface area contributed by atoms with Crippen LogP contribution in [0, 0.1) is 5.82 Å². The van der Waals surface area contributed by atoms with E-state index in [0.717, 1.165) is 31.6 Å². The number of carbonyl (C=O) groups is 1. The first-order valence-electron chi connectivity index (χ1n) is 8.43. The number of nitrogens with zero attached hydrogens (tertiary/aromatic N) is 3. The van der Waals surface area contributed by atoms with Gasteiger partial charge in [-0.2, -0.15) is 10.2 Å². The van der Waals surface area contributed by atoms with Gasteiger partial charge in [-0.05, 0) is 43.2 Å². The smallest absolute Gasteiger partial charge is 0.273 e. The van der Waals surface area contributed by atoms with Crippen molar-refractivity contribution in [1.29, 1.82) is 0 Å². The van der Waals surface area contributed by atoms with E-state index in [1.165, 1.54) is 12.1 Å². The van der Waals surface area contributed by atoms with E-state index >= 15 is 0 Å². The summed E-state index contributed by atoms with van der Waals surface area (Å²) in [5.41, 5.74) is 2.25. The molecule has 7 nitrogen and oxygen atoms in total. The van der Waals surface area contributed by atoms with Crippen molar-refractivity contribution in [2.75, 3.05) is 18.5 Å². The number of carbonyl (C=O) groups excluding carboxylic acids is 1. The molecule has 0 bridgehead atoms. The minimum absolute atomic E-state index is 0.298. The number of nitrogens with one attached hydrogen (secondary N) is 2. The Morgan fingerprint density at radius 2 is 2.04 bits per heavy atom. The van der Waals surface area contributed by atoms with Crippen molar-refractivity contribution < 1.29 is 13.9 Å². The molecule has 134 valence electrons. The summed E-state index contributed by atoms with van der Waals surface area (Å²) in [6.45, 7) is 1.46. The number of hydrogen-bond donors (Lipinski definition) is 2. The summed E-state index contributed by atoms with van der Waals surface area (Å²) in [6.07, 6.45) is 5.28. The molecule has 1 aliphatic heterocycles. The van der Waals surface area contributed by atoms with E-state index in [-0.39, 0.29) is 11.7 Å². The average molecular weight is 355 g/mol. The van der Waals surface area contributed by atoms with Gasteiger partial charge in [-0.1, -0.05) is 0 Å². The van der Waals surface area contributed by atoms with Crippen LogP contribution in [0.1, 0.15) is 29.4 Å². The van der Waals surface area contributed by atoms with Gasteiger partial charge in [0.05, 0.1) is 23.6 Å². The van der Waals surface area contributed by atoms with Crippen molar-refractivity contribution in [3.05, 3.63) is 54.2 Å². The van der Waals surface area contributed by atoms with Crippen LogP contribution in [0.2, 0.25) is 0 Å². The van der Waals surface area contributed by atoms with E-state index in [2.05, 4.69) is 20.6 Å². The van der Waals surface area contributed by atoms with Crippen molar-refractivity contribution in [1.82, 2.24) is 20.0 Å². The molecule has 0 radical (unpaired) electrons. The summed E-state index contributed by atoms with van der Waals surface area (Å²) in [6, 6.07) is 7.87. The molecule has 0 spiro atoms. The third kappa shape index (κ3) is 3.50. The second-order valence-corrected chi connectivity index (χ2v) is 6.18. The number of hydrogen-bond acceptors (Lipinski definition) is 4. The maximum Gasteiger partial charge on any atom is 0.273 e. The normalized spacial score (nSPS) is 15.1. The molecule has 1 saturated heterocycles. The Labute approximate surface area is 149 Å². The second kappa shape index (κ2) is 7.09. The van der Waals surface area contributed by atoms with Gasteiger partial charge in [-0.3, -0.25) is 14.6 Å². The fraction of sp³-hybridized carbons (Fsp3) is 0.278. The van der Waals surface area contributed by atoms with Crippen molar-refractivity contribution in [2.45, 2.75) is 18.9 Å². The molecule has 3 heterocycles. The highest BCUT2D eigenvalue weighted by atomic mass is 19.1. The molecule has 4 rings (SSSR count). The maximum atomic E-state index is 13.0. The molecule has 1 amide bonds. The summed E-state index contributed by atoms with van der Waals surface area (Å²) >= 11 is 0. The first-order chi connectivity index (χ1) is 12.7. The summed E-state index contributed by atoms with van der Waals surface area (Å²) in [5.74, 6) is -0.624. The largest absolute Gasteiger partial charge is 0.381 e. The zero-order valence-corrected chi connectivity index (χ0v) is 14.0. The van der Waals surface area contributed by atoms with Gasteiger partial charge in [0.2, 0.25) is 0 Å². The minimum Gasteiger partial charge on any atom is -0.381 e. The van der Waals surface area contributed by atoms with Gasteiger partial charge in [0.25, 0.3) is 5.91 Å². The Bertz CT molecular complexity index is 896. The van der Waals surface area contributed by atoms with Crippen LogP contribution in [-0.4, -0.2) is 39.1 Å². The van der Waals surface area contributed by atoms with Crippen LogP contribution in [0.5, 0.6) is 0 Å². The SMILES string of the molecule is O=C(Nc1cnn(C2CCOCC2)c1)c1cc(-c2ccc(F)cc2)n[nH]1. The van der Waals surface area contributed by atoms with E-state index in [4.69, 9.17) is 4.74 Å². The first-order valence-corrected chi connectivity index (χ1v) is 8.43. The van der Waals surface area contributed by atoms with E-state index in [1.807, 2.05) is 10.9 Å². The van der Waals surface area contributed by atoms with Crippen LogP contribution >= 0.6 is 0 Å². The highest BCUT2D eigenvalue weighted by Crippen LogP contribution is 2.22. The molecule has 1 fully saturated rings. The van der Waals surface area contributed by atoms with Crippen LogP contribution in [0.15, 0.2) is 42.7 Å². The van der Waals surface area contributed by atoms with Gasteiger partial charge >= 0.3 is 0 Å². The third-order valence-electron chi connectivity index (χ3n) is 4.39. The molecular formula is C18H18FN5O2. The summed E-state index contributed by atoms with van der Waals surface area (Å²) in [7, 11) is 0. The van der Waals surface area contributed by atoms with Crippen LogP contribution in [-0.2, 0) is 4.74 Å². The van der Waals surface area contributed by atoms with Crippen LogP contribution < -0.4 is 5.32 Å². The molecule has 0 atom stereocenters. The quantitative estimate of drug-likeness (QED) is 0.753. The molecule has 2 N–H and O–H groups in total. The van der Waals surface area contributed by atoms with Crippen molar-refractivity contribution in [3.8, 4) is 11.3 Å². The highest BCUT2D eigenvalue weighted by molar-refractivity contribution is 6.03. The third-order valence-corrected chi connectivity index (χ3v) is 4.39. The van der Waals surface area contributed by atoms with Gasteiger partial charge in [0.1, 0.15) is 11.5 Å². The van der Waals surface area contributed by atoms with Crippen LogP contribution in [0.3, 0.4) is 0 Å². The molecule has 0 saturated carbocycles. The topological polar surface area (TPSA) is 84.8 Å². The van der Waals surface area contributed by atoms with Gasteiger partial charge in [0.15, 0.2) is 0 Å². The number of anilines is 1. The number of H-pyrrole nitrogens is 1. The summed E-state index contributed by atoms with van der Waals surface area (Å²) in [5, 5.41) is 14.0. The second-order valence-electron chi connectivity index (χ2n) is 6.18. The van der Waals surface area contributed by atoms with E-state index in [9.17, 15) is 9.18 Å². The Kier molecular flexibility index (Phi) is 4.49. The predicted octanol–water partition coefficient (Wildman–Crippen LogP) is 3.02. The minimum atomic E-state index is -0.316. The Morgan fingerprint density at radius 1 is 1.27 bits per heavy atom. The molecule has 3 aromatic rings. The standard InChI is InChI=1S/C18H18FN5O2/c19-13-3-1-12(2-4-13)16-9-17(23-22-16)18(25)21-14-10-20-24(11-14)15-5-7-26-8-6-15/h1-4,9-11,15H,5-8H2,(H,21,25)(H,22,23). The van der Waals surface area contributed by atoms with Crippen LogP contribution in [0.4, 0.5) is 10.1 Å². The Morgan fingerprint density at radius 3 is 2.81 bits per heavy atom. The monoisotopic (exact) mass is 355 g/mol. The summed E-state index contributed by atoms with van der Waals surface area (Å²) < 4.78 is 20.2. The lowest BCUT2D eigenvalue weighted by atomic mass is 10.1. The predicted molar refractivity (Wildman–Crippen MR) is 93.3 cm³/mol. The van der Waals surface area contributed by atoms with Gasteiger partial charge in [-0.15, -0.1) is 0 Å². The van der Waals surface area contributed by atoms with Gasteiger partial charge in [0, 0.05) is 25.0 Å². The van der Waals surface area contributed by atoms with Crippen molar-refractivity contribution in [2.24, 2.45) is 0 Å². The number of ether oxygens (including phenoxy) is 1. The molecule has 0 unspecified atom stereocenters. The van der Waals surface area contributed by atoms with Gasteiger partial charge in [-0.25, -0.2) is 4.39 Å². The molecule has 0 aliphatic carbocycles. The molecular weight excluding hydrogens is 337 g/mol. The lowest BCUT2D eigenvalue weighted by Crippen LogP contribution is -2.19. The number of rotatable bonds is 4. The molecule has 1 aliphatic rings. The molecule has 8 heteroatoms.